The van der Waals surface area contributed by atoms with Gasteiger partial charge >= 0.3 is 0 Å². The lowest BCUT2D eigenvalue weighted by atomic mass is 9.86. The molecule has 1 amide bonds. The molecule has 0 spiro atoms. The monoisotopic (exact) mass is 223 g/mol. The van der Waals surface area contributed by atoms with Crippen molar-refractivity contribution in [3.05, 3.63) is 0 Å². The van der Waals surface area contributed by atoms with Crippen LogP contribution in [0, 0.1) is 17.8 Å². The Labute approximate surface area is 99.4 Å². The van der Waals surface area contributed by atoms with E-state index in [4.69, 9.17) is 0 Å². The van der Waals surface area contributed by atoms with Crippen molar-refractivity contribution in [2.24, 2.45) is 17.8 Å². The molecule has 0 radical (unpaired) electrons. The van der Waals surface area contributed by atoms with Crippen LogP contribution in [-0.2, 0) is 4.79 Å². The van der Waals surface area contributed by atoms with E-state index in [0.29, 0.717) is 23.7 Å². The number of likely N-dealkylation sites (tertiary alicyclic amines) is 1. The van der Waals surface area contributed by atoms with Gasteiger partial charge in [0.15, 0.2) is 0 Å². The Kier molecular flexibility index (Phi) is 3.88. The number of nitrogens with zero attached hydrogens (tertiary/aromatic N) is 1. The quantitative estimate of drug-likeness (QED) is 0.669. The minimum Gasteiger partial charge on any atom is -0.342 e. The summed E-state index contributed by atoms with van der Waals surface area (Å²) in [6.45, 7) is 6.55. The van der Waals surface area contributed by atoms with Gasteiger partial charge in [0.05, 0.1) is 0 Å². The third-order valence-corrected chi connectivity index (χ3v) is 4.13. The Morgan fingerprint density at radius 3 is 2.12 bits per heavy atom. The van der Waals surface area contributed by atoms with E-state index in [1.165, 1.54) is 25.7 Å². The fourth-order valence-electron chi connectivity index (χ4n) is 3.45. The molecule has 0 aromatic carbocycles. The van der Waals surface area contributed by atoms with Gasteiger partial charge in [-0.25, -0.2) is 0 Å². The van der Waals surface area contributed by atoms with E-state index in [1.54, 1.807) is 0 Å². The molecule has 1 aliphatic carbocycles. The number of amides is 1. The second-order valence-electron chi connectivity index (χ2n) is 6.02. The Balaban J connectivity index is 1.92. The second-order valence-corrected chi connectivity index (χ2v) is 6.02. The topological polar surface area (TPSA) is 20.3 Å². The lowest BCUT2D eigenvalue weighted by Crippen LogP contribution is -2.45. The van der Waals surface area contributed by atoms with Crippen molar-refractivity contribution < 1.29 is 4.79 Å². The van der Waals surface area contributed by atoms with Crippen molar-refractivity contribution in [2.45, 2.75) is 52.4 Å². The van der Waals surface area contributed by atoms with Crippen LogP contribution in [0.4, 0.5) is 0 Å². The van der Waals surface area contributed by atoms with Gasteiger partial charge in [-0.3, -0.25) is 4.79 Å². The highest BCUT2D eigenvalue weighted by molar-refractivity contribution is 5.79. The first kappa shape index (κ1) is 11.9. The Morgan fingerprint density at radius 1 is 1.00 bits per heavy atom. The molecule has 1 heterocycles. The highest BCUT2D eigenvalue weighted by atomic mass is 16.2. The van der Waals surface area contributed by atoms with E-state index < -0.39 is 0 Å². The molecule has 2 fully saturated rings. The lowest BCUT2D eigenvalue weighted by Gasteiger charge is -2.37. The van der Waals surface area contributed by atoms with Crippen molar-refractivity contribution in [1.82, 2.24) is 4.90 Å². The molecular formula is C14H25NO. The summed E-state index contributed by atoms with van der Waals surface area (Å²) in [5.74, 6) is 2.19. The molecular weight excluding hydrogens is 198 g/mol. The lowest BCUT2D eigenvalue weighted by molar-refractivity contribution is -0.139. The summed E-state index contributed by atoms with van der Waals surface area (Å²) in [7, 11) is 0. The number of hydrogen-bond acceptors (Lipinski definition) is 1. The second kappa shape index (κ2) is 5.20. The fraction of sp³-hybridized carbons (Fsp3) is 0.929. The summed E-state index contributed by atoms with van der Waals surface area (Å²) < 4.78 is 0. The maximum absolute atomic E-state index is 12.4. The van der Waals surface area contributed by atoms with Gasteiger partial charge < -0.3 is 4.90 Å². The highest BCUT2D eigenvalue weighted by Crippen LogP contribution is 2.28. The van der Waals surface area contributed by atoms with Crippen LogP contribution in [-0.4, -0.2) is 23.9 Å². The Hall–Kier alpha value is -0.530. The molecule has 2 aliphatic rings. The largest absolute Gasteiger partial charge is 0.342 e. The van der Waals surface area contributed by atoms with E-state index in [0.717, 1.165) is 25.9 Å². The predicted octanol–water partition coefficient (Wildman–Crippen LogP) is 3.07. The van der Waals surface area contributed by atoms with Gasteiger partial charge in [0.1, 0.15) is 0 Å². The van der Waals surface area contributed by atoms with Crippen LogP contribution < -0.4 is 0 Å². The SMILES string of the molecule is CC1CC(C)CN(C(=O)C2CCCCC2)C1. The average molecular weight is 223 g/mol. The van der Waals surface area contributed by atoms with Crippen LogP contribution in [0.1, 0.15) is 52.4 Å². The van der Waals surface area contributed by atoms with Gasteiger partial charge in [-0.2, -0.15) is 0 Å². The van der Waals surface area contributed by atoms with Gasteiger partial charge in [0.25, 0.3) is 0 Å². The molecule has 2 heteroatoms. The molecule has 2 atom stereocenters. The third-order valence-electron chi connectivity index (χ3n) is 4.13. The predicted molar refractivity (Wildman–Crippen MR) is 66.1 cm³/mol. The molecule has 0 N–H and O–H groups in total. The molecule has 1 saturated heterocycles. The zero-order valence-corrected chi connectivity index (χ0v) is 10.7. The Morgan fingerprint density at radius 2 is 1.56 bits per heavy atom. The number of hydrogen-bond donors (Lipinski definition) is 0. The highest BCUT2D eigenvalue weighted by Gasteiger charge is 2.30. The first-order chi connectivity index (χ1) is 7.66. The summed E-state index contributed by atoms with van der Waals surface area (Å²) >= 11 is 0. The first-order valence-electron chi connectivity index (χ1n) is 6.95. The fourth-order valence-corrected chi connectivity index (χ4v) is 3.45. The average Bonchev–Trinajstić information content (AvgIpc) is 2.28. The standard InChI is InChI=1S/C14H25NO/c1-11-8-12(2)10-15(9-11)14(16)13-6-4-3-5-7-13/h11-13H,3-10H2,1-2H3. The Bertz CT molecular complexity index is 235. The van der Waals surface area contributed by atoms with Crippen LogP contribution in [0.25, 0.3) is 0 Å². The summed E-state index contributed by atoms with van der Waals surface area (Å²) in [5.41, 5.74) is 0. The third kappa shape index (κ3) is 2.78. The summed E-state index contributed by atoms with van der Waals surface area (Å²) in [6.07, 6.45) is 7.41. The van der Waals surface area contributed by atoms with Gasteiger partial charge in [-0.15, -0.1) is 0 Å². The van der Waals surface area contributed by atoms with E-state index in [2.05, 4.69) is 18.7 Å². The zero-order chi connectivity index (χ0) is 11.5. The normalized spacial score (nSPS) is 32.8. The van der Waals surface area contributed by atoms with E-state index in [-0.39, 0.29) is 0 Å². The first-order valence-corrected chi connectivity index (χ1v) is 6.95. The molecule has 0 aromatic rings. The molecule has 1 aliphatic heterocycles. The van der Waals surface area contributed by atoms with E-state index in [9.17, 15) is 4.79 Å². The maximum Gasteiger partial charge on any atom is 0.225 e. The van der Waals surface area contributed by atoms with Crippen LogP contribution in [0.5, 0.6) is 0 Å². The number of rotatable bonds is 1. The zero-order valence-electron chi connectivity index (χ0n) is 10.7. The molecule has 2 nitrogen and oxygen atoms in total. The van der Waals surface area contributed by atoms with Crippen LogP contribution in [0.2, 0.25) is 0 Å². The molecule has 2 unspecified atom stereocenters. The number of carbonyl (C=O) groups excluding carboxylic acids is 1. The van der Waals surface area contributed by atoms with Gasteiger partial charge in [-0.05, 0) is 31.1 Å². The summed E-state index contributed by atoms with van der Waals surface area (Å²) in [6, 6.07) is 0. The van der Waals surface area contributed by atoms with E-state index >= 15 is 0 Å². The van der Waals surface area contributed by atoms with Crippen molar-refractivity contribution in [3.63, 3.8) is 0 Å². The number of carbonyl (C=O) groups is 1. The van der Waals surface area contributed by atoms with Crippen molar-refractivity contribution >= 4 is 5.91 Å². The smallest absolute Gasteiger partial charge is 0.225 e. The molecule has 1 saturated carbocycles. The van der Waals surface area contributed by atoms with Crippen LogP contribution >= 0.6 is 0 Å². The molecule has 16 heavy (non-hydrogen) atoms. The summed E-state index contributed by atoms with van der Waals surface area (Å²) in [4.78, 5) is 14.5. The van der Waals surface area contributed by atoms with Crippen molar-refractivity contribution in [3.8, 4) is 0 Å². The van der Waals surface area contributed by atoms with Crippen LogP contribution in [0.3, 0.4) is 0 Å². The van der Waals surface area contributed by atoms with Gasteiger partial charge in [-0.1, -0.05) is 33.1 Å². The van der Waals surface area contributed by atoms with Gasteiger partial charge in [0.2, 0.25) is 5.91 Å². The minimum absolute atomic E-state index is 0.353. The molecule has 0 bridgehead atoms. The minimum atomic E-state index is 0.353. The van der Waals surface area contributed by atoms with Crippen LogP contribution in [0.15, 0.2) is 0 Å². The molecule has 0 aromatic heterocycles. The number of piperidine rings is 1. The van der Waals surface area contributed by atoms with E-state index in [1.807, 2.05) is 0 Å². The van der Waals surface area contributed by atoms with Gasteiger partial charge in [0, 0.05) is 19.0 Å². The van der Waals surface area contributed by atoms with Crippen molar-refractivity contribution in [1.29, 1.82) is 0 Å². The summed E-state index contributed by atoms with van der Waals surface area (Å²) in [5, 5.41) is 0. The molecule has 92 valence electrons. The molecule has 2 rings (SSSR count). The van der Waals surface area contributed by atoms with Crippen molar-refractivity contribution in [2.75, 3.05) is 13.1 Å². The maximum atomic E-state index is 12.4.